The van der Waals surface area contributed by atoms with Crippen molar-refractivity contribution in [1.29, 1.82) is 0 Å². The molecule has 0 N–H and O–H groups in total. The second kappa shape index (κ2) is 29.3. The van der Waals surface area contributed by atoms with E-state index in [4.69, 9.17) is 4.74 Å². The fourth-order valence-electron chi connectivity index (χ4n) is 4.15. The number of hydrogen-bond donors (Lipinski definition) is 0. The Labute approximate surface area is 194 Å². The Kier molecular flexibility index (Phi) is 28.6. The highest BCUT2D eigenvalue weighted by atomic mass is 16.5. The van der Waals surface area contributed by atoms with Gasteiger partial charge >= 0.3 is 0 Å². The van der Waals surface area contributed by atoms with Crippen molar-refractivity contribution in [3.63, 3.8) is 0 Å². The third kappa shape index (κ3) is 29.3. The van der Waals surface area contributed by atoms with Crippen LogP contribution in [0, 0.1) is 0 Å². The number of aldehydes is 2. The van der Waals surface area contributed by atoms with Crippen LogP contribution in [0.5, 0.6) is 0 Å². The normalized spacial score (nSPS) is 11.1. The zero-order chi connectivity index (χ0) is 22.5. The van der Waals surface area contributed by atoms with Gasteiger partial charge in [0.05, 0.1) is 0 Å². The van der Waals surface area contributed by atoms with E-state index < -0.39 is 0 Å². The molecule has 0 aromatic heterocycles. The van der Waals surface area contributed by atoms with E-state index in [9.17, 15) is 9.59 Å². The van der Waals surface area contributed by atoms with Gasteiger partial charge in [0.15, 0.2) is 0 Å². The van der Waals surface area contributed by atoms with E-state index in [2.05, 4.69) is 0 Å². The fourth-order valence-corrected chi connectivity index (χ4v) is 4.15. The van der Waals surface area contributed by atoms with Crippen molar-refractivity contribution in [1.82, 2.24) is 0 Å². The van der Waals surface area contributed by atoms with Gasteiger partial charge in [-0.25, -0.2) is 0 Å². The molecule has 0 aromatic carbocycles. The lowest BCUT2D eigenvalue weighted by atomic mass is 10.1. The summed E-state index contributed by atoms with van der Waals surface area (Å²) in [4.78, 5) is 20.5. The SMILES string of the molecule is O=CCCCCCCCCCCCCCOCCCCCCCCCCCCCC=O. The molecular formula is C28H54O3. The first kappa shape index (κ1) is 30.3. The summed E-state index contributed by atoms with van der Waals surface area (Å²) in [5.41, 5.74) is 0. The Morgan fingerprint density at radius 1 is 0.323 bits per heavy atom. The summed E-state index contributed by atoms with van der Waals surface area (Å²) in [6, 6.07) is 0. The van der Waals surface area contributed by atoms with Crippen molar-refractivity contribution in [3.8, 4) is 0 Å². The Balaban J connectivity index is 2.99. The molecule has 31 heavy (non-hydrogen) atoms. The predicted octanol–water partition coefficient (Wildman–Crippen LogP) is 8.76. The van der Waals surface area contributed by atoms with Crippen LogP contribution in [0.15, 0.2) is 0 Å². The second-order valence-electron chi connectivity index (χ2n) is 9.30. The lowest BCUT2D eigenvalue weighted by Gasteiger charge is -2.05. The molecule has 3 heteroatoms. The lowest BCUT2D eigenvalue weighted by molar-refractivity contribution is -0.108. The molecule has 0 aliphatic carbocycles. The average molecular weight is 439 g/mol. The maximum absolute atomic E-state index is 10.2. The minimum Gasteiger partial charge on any atom is -0.381 e. The molecule has 0 heterocycles. The van der Waals surface area contributed by atoms with Crippen LogP contribution >= 0.6 is 0 Å². The molecule has 0 unspecified atom stereocenters. The second-order valence-corrected chi connectivity index (χ2v) is 9.30. The zero-order valence-corrected chi connectivity index (χ0v) is 20.8. The van der Waals surface area contributed by atoms with Crippen LogP contribution in [0.4, 0.5) is 0 Å². The number of carbonyl (C=O) groups is 2. The van der Waals surface area contributed by atoms with E-state index in [-0.39, 0.29) is 0 Å². The molecule has 0 aliphatic heterocycles. The quantitative estimate of drug-likeness (QED) is 0.0905. The van der Waals surface area contributed by atoms with E-state index in [0.717, 1.165) is 51.5 Å². The molecule has 0 rings (SSSR count). The van der Waals surface area contributed by atoms with Crippen LogP contribution in [0.3, 0.4) is 0 Å². The third-order valence-corrected chi connectivity index (χ3v) is 6.22. The van der Waals surface area contributed by atoms with E-state index in [1.54, 1.807) is 0 Å². The van der Waals surface area contributed by atoms with Crippen LogP contribution < -0.4 is 0 Å². The Morgan fingerprint density at radius 3 is 0.806 bits per heavy atom. The van der Waals surface area contributed by atoms with Crippen molar-refractivity contribution < 1.29 is 14.3 Å². The molecule has 0 aliphatic rings. The average Bonchev–Trinajstić information content (AvgIpc) is 2.78. The summed E-state index contributed by atoms with van der Waals surface area (Å²) in [5.74, 6) is 0. The first-order chi connectivity index (χ1) is 15.4. The standard InChI is InChI=1S/C28H54O3/c29-25-21-17-13-9-5-1-3-7-11-15-19-23-27-31-28-24-20-16-12-8-4-2-6-10-14-18-22-26-30/h25-26H,1-24,27-28H2. The minimum atomic E-state index is 0.747. The number of hydrogen-bond acceptors (Lipinski definition) is 3. The van der Waals surface area contributed by atoms with Gasteiger partial charge in [-0.1, -0.05) is 116 Å². The summed E-state index contributed by atoms with van der Waals surface area (Å²) in [6.45, 7) is 1.90. The molecule has 0 saturated heterocycles. The molecule has 0 atom stereocenters. The van der Waals surface area contributed by atoms with Crippen molar-refractivity contribution in [2.24, 2.45) is 0 Å². The first-order valence-corrected chi connectivity index (χ1v) is 13.9. The molecule has 0 saturated carbocycles. The van der Waals surface area contributed by atoms with Gasteiger partial charge in [-0.15, -0.1) is 0 Å². The first-order valence-electron chi connectivity index (χ1n) is 13.9. The monoisotopic (exact) mass is 438 g/mol. The molecule has 3 nitrogen and oxygen atoms in total. The van der Waals surface area contributed by atoms with Gasteiger partial charge in [0.2, 0.25) is 0 Å². The van der Waals surface area contributed by atoms with Gasteiger partial charge in [0.25, 0.3) is 0 Å². The van der Waals surface area contributed by atoms with Crippen LogP contribution in [-0.4, -0.2) is 25.8 Å². The van der Waals surface area contributed by atoms with Crippen LogP contribution in [0.2, 0.25) is 0 Å². The zero-order valence-electron chi connectivity index (χ0n) is 20.8. The van der Waals surface area contributed by atoms with E-state index in [0.29, 0.717) is 0 Å². The van der Waals surface area contributed by atoms with Gasteiger partial charge in [-0.3, -0.25) is 0 Å². The number of rotatable bonds is 28. The maximum atomic E-state index is 10.2. The van der Waals surface area contributed by atoms with Crippen molar-refractivity contribution in [3.05, 3.63) is 0 Å². The maximum Gasteiger partial charge on any atom is 0.119 e. The van der Waals surface area contributed by atoms with Gasteiger partial charge in [-0.2, -0.15) is 0 Å². The number of ether oxygens (including phenoxy) is 1. The van der Waals surface area contributed by atoms with Gasteiger partial charge < -0.3 is 14.3 Å². The molecule has 0 aromatic rings. The predicted molar refractivity (Wildman–Crippen MR) is 134 cm³/mol. The summed E-state index contributed by atoms with van der Waals surface area (Å²) in [6.07, 6.45) is 32.3. The highest BCUT2D eigenvalue weighted by Gasteiger charge is 1.96. The molecule has 184 valence electrons. The number of carbonyl (C=O) groups excluding carboxylic acids is 2. The highest BCUT2D eigenvalue weighted by molar-refractivity contribution is 5.49. The van der Waals surface area contributed by atoms with E-state index >= 15 is 0 Å². The summed E-state index contributed by atoms with van der Waals surface area (Å²) >= 11 is 0. The Bertz CT molecular complexity index is 311. The highest BCUT2D eigenvalue weighted by Crippen LogP contribution is 2.13. The smallest absolute Gasteiger partial charge is 0.119 e. The van der Waals surface area contributed by atoms with Crippen molar-refractivity contribution >= 4 is 12.6 Å². The molecule has 0 spiro atoms. The van der Waals surface area contributed by atoms with E-state index in [1.165, 1.54) is 128 Å². The topological polar surface area (TPSA) is 43.4 Å². The summed E-state index contributed by atoms with van der Waals surface area (Å²) < 4.78 is 5.79. The number of unbranched alkanes of at least 4 members (excludes halogenated alkanes) is 22. The summed E-state index contributed by atoms with van der Waals surface area (Å²) in [7, 11) is 0. The summed E-state index contributed by atoms with van der Waals surface area (Å²) in [5, 5.41) is 0. The van der Waals surface area contributed by atoms with Crippen molar-refractivity contribution in [2.75, 3.05) is 13.2 Å². The van der Waals surface area contributed by atoms with Gasteiger partial charge in [0, 0.05) is 26.1 Å². The van der Waals surface area contributed by atoms with Crippen molar-refractivity contribution in [2.45, 2.75) is 154 Å². The van der Waals surface area contributed by atoms with Crippen LogP contribution in [0.25, 0.3) is 0 Å². The largest absolute Gasteiger partial charge is 0.381 e. The Hall–Kier alpha value is -0.700. The molecular weight excluding hydrogens is 384 g/mol. The molecule has 0 radical (unpaired) electrons. The molecule has 0 amide bonds. The van der Waals surface area contributed by atoms with Crippen LogP contribution in [0.1, 0.15) is 154 Å². The van der Waals surface area contributed by atoms with Gasteiger partial charge in [-0.05, 0) is 25.7 Å². The lowest BCUT2D eigenvalue weighted by Crippen LogP contribution is -1.97. The van der Waals surface area contributed by atoms with Gasteiger partial charge in [0.1, 0.15) is 12.6 Å². The fraction of sp³-hybridized carbons (Fsp3) is 0.929. The van der Waals surface area contributed by atoms with E-state index in [1.807, 2.05) is 0 Å². The Morgan fingerprint density at radius 2 is 0.548 bits per heavy atom. The third-order valence-electron chi connectivity index (χ3n) is 6.22. The molecule has 0 fully saturated rings. The molecule has 0 bridgehead atoms. The minimum absolute atomic E-state index is 0.747. The van der Waals surface area contributed by atoms with Crippen LogP contribution in [-0.2, 0) is 14.3 Å².